The Balaban J connectivity index is 2.57. The predicted octanol–water partition coefficient (Wildman–Crippen LogP) is 4.19. The molecule has 0 radical (unpaired) electrons. The lowest BCUT2D eigenvalue weighted by molar-refractivity contribution is -0.612. The molecule has 114 valence electrons. The number of rotatable bonds is 4. The monoisotopic (exact) mass is 322 g/mol. The normalized spacial score (nSPS) is 11.9. The highest BCUT2D eigenvalue weighted by atomic mass is 32.1. The second kappa shape index (κ2) is 6.36. The van der Waals surface area contributed by atoms with Crippen molar-refractivity contribution in [3.8, 4) is 5.13 Å². The summed E-state index contributed by atoms with van der Waals surface area (Å²) >= 11 is 6.71. The van der Waals surface area contributed by atoms with Gasteiger partial charge in [0.1, 0.15) is 11.4 Å². The maximum absolute atomic E-state index is 5.18. The topological polar surface area (TPSA) is 32.6 Å². The molecule has 0 aliphatic carbocycles. The number of nitrogens with one attached hydrogen (secondary N) is 1. The highest BCUT2D eigenvalue weighted by molar-refractivity contribution is 7.73. The molecule has 0 atom stereocenters. The molecular formula is C16H24N3S2+. The van der Waals surface area contributed by atoms with Gasteiger partial charge in [0, 0.05) is 12.8 Å². The van der Waals surface area contributed by atoms with Crippen molar-refractivity contribution in [1.82, 2.24) is 10.2 Å². The van der Waals surface area contributed by atoms with E-state index in [0.717, 1.165) is 28.3 Å². The fraction of sp³-hybridized carbons (Fsp3) is 0.562. The van der Waals surface area contributed by atoms with Crippen molar-refractivity contribution < 1.29 is 4.57 Å². The van der Waals surface area contributed by atoms with Crippen molar-refractivity contribution in [2.75, 3.05) is 0 Å². The molecule has 0 saturated heterocycles. The molecule has 3 nitrogen and oxygen atoms in total. The number of hydrogen-bond acceptors (Lipinski definition) is 3. The summed E-state index contributed by atoms with van der Waals surface area (Å²) in [6.07, 6.45) is 3.05. The van der Waals surface area contributed by atoms with Crippen LogP contribution < -0.4 is 4.57 Å². The average molecular weight is 323 g/mol. The van der Waals surface area contributed by atoms with Gasteiger partial charge in [-0.1, -0.05) is 34.6 Å². The molecule has 0 aliphatic rings. The van der Waals surface area contributed by atoms with Crippen molar-refractivity contribution in [1.29, 1.82) is 0 Å². The van der Waals surface area contributed by atoms with Crippen LogP contribution in [0, 0.1) is 9.37 Å². The number of aryl methyl sites for hydroxylation is 2. The van der Waals surface area contributed by atoms with Gasteiger partial charge in [-0.3, -0.25) is 0 Å². The van der Waals surface area contributed by atoms with E-state index in [2.05, 4.69) is 61.5 Å². The standard InChI is InChI=1S/C16H23N3S2/c1-6-12-8-11(10-16(3,4)5)9-13(7-2)19(12)14-17-18-15(20)21-14/h8-9H,6-7,10H2,1-5H3/p+1. The van der Waals surface area contributed by atoms with Gasteiger partial charge in [-0.2, -0.15) is 9.67 Å². The lowest BCUT2D eigenvalue weighted by atomic mass is 9.87. The van der Waals surface area contributed by atoms with Crippen LogP contribution in [0.3, 0.4) is 0 Å². The first-order valence-corrected chi connectivity index (χ1v) is 8.69. The van der Waals surface area contributed by atoms with E-state index in [4.69, 9.17) is 12.2 Å². The van der Waals surface area contributed by atoms with Gasteiger partial charge >= 0.3 is 5.13 Å². The summed E-state index contributed by atoms with van der Waals surface area (Å²) in [6, 6.07) is 4.63. The van der Waals surface area contributed by atoms with Gasteiger partial charge in [0.2, 0.25) is 3.95 Å². The summed E-state index contributed by atoms with van der Waals surface area (Å²) in [7, 11) is 0. The van der Waals surface area contributed by atoms with Crippen LogP contribution in [0.2, 0.25) is 0 Å². The third-order valence-electron chi connectivity index (χ3n) is 3.36. The molecule has 0 spiro atoms. The maximum atomic E-state index is 5.18. The van der Waals surface area contributed by atoms with Crippen molar-refractivity contribution in [3.63, 3.8) is 0 Å². The number of H-pyrrole nitrogens is 1. The zero-order valence-electron chi connectivity index (χ0n) is 13.5. The zero-order valence-corrected chi connectivity index (χ0v) is 15.1. The second-order valence-corrected chi connectivity index (χ2v) is 8.17. The summed E-state index contributed by atoms with van der Waals surface area (Å²) < 4.78 is 2.98. The molecule has 0 unspecified atom stereocenters. The molecule has 0 aliphatic heterocycles. The number of aromatic amines is 1. The van der Waals surface area contributed by atoms with Crippen molar-refractivity contribution >= 4 is 23.6 Å². The largest absolute Gasteiger partial charge is 0.413 e. The summed E-state index contributed by atoms with van der Waals surface area (Å²) in [5.41, 5.74) is 4.30. The summed E-state index contributed by atoms with van der Waals surface area (Å²) in [5, 5.41) is 8.19. The minimum absolute atomic E-state index is 0.297. The van der Waals surface area contributed by atoms with Crippen LogP contribution >= 0.6 is 23.6 Å². The Bertz CT molecular complexity index is 652. The van der Waals surface area contributed by atoms with Gasteiger partial charge < -0.3 is 0 Å². The van der Waals surface area contributed by atoms with E-state index in [0.29, 0.717) is 5.41 Å². The molecule has 2 aromatic heterocycles. The summed E-state index contributed by atoms with van der Waals surface area (Å²) in [4.78, 5) is 0. The molecule has 0 aromatic carbocycles. The molecule has 2 heterocycles. The zero-order chi connectivity index (χ0) is 15.6. The quantitative estimate of drug-likeness (QED) is 0.676. The average Bonchev–Trinajstić information content (AvgIpc) is 2.81. The molecule has 0 amide bonds. The van der Waals surface area contributed by atoms with Crippen molar-refractivity contribution in [2.24, 2.45) is 5.41 Å². The van der Waals surface area contributed by atoms with Gasteiger partial charge in [0.25, 0.3) is 0 Å². The molecule has 5 heteroatoms. The predicted molar refractivity (Wildman–Crippen MR) is 90.7 cm³/mol. The van der Waals surface area contributed by atoms with E-state index >= 15 is 0 Å². The van der Waals surface area contributed by atoms with Crippen LogP contribution in [0.25, 0.3) is 5.13 Å². The molecule has 0 fully saturated rings. The first-order chi connectivity index (χ1) is 9.84. The first-order valence-electron chi connectivity index (χ1n) is 7.46. The van der Waals surface area contributed by atoms with Gasteiger partial charge in [0.15, 0.2) is 0 Å². The molecule has 2 rings (SSSR count). The Labute approximate surface area is 136 Å². The van der Waals surface area contributed by atoms with Gasteiger partial charge in [-0.15, -0.1) is 0 Å². The lowest BCUT2D eigenvalue weighted by Crippen LogP contribution is -2.40. The van der Waals surface area contributed by atoms with Crippen LogP contribution in [0.5, 0.6) is 0 Å². The Hall–Kier alpha value is -1.07. The fourth-order valence-electron chi connectivity index (χ4n) is 2.58. The number of aromatic nitrogens is 3. The van der Waals surface area contributed by atoms with E-state index in [-0.39, 0.29) is 0 Å². The van der Waals surface area contributed by atoms with Gasteiger partial charge in [0.05, 0.1) is 5.10 Å². The number of hydrogen-bond donors (Lipinski definition) is 1. The molecule has 21 heavy (non-hydrogen) atoms. The van der Waals surface area contributed by atoms with E-state index in [1.165, 1.54) is 28.3 Å². The van der Waals surface area contributed by atoms with E-state index in [1.807, 2.05) is 0 Å². The highest BCUT2D eigenvalue weighted by Crippen LogP contribution is 2.22. The molecule has 1 N–H and O–H groups in total. The minimum Gasteiger partial charge on any atom is -0.186 e. The third-order valence-corrected chi connectivity index (χ3v) is 4.43. The second-order valence-electron chi connectivity index (χ2n) is 6.52. The van der Waals surface area contributed by atoms with Crippen LogP contribution in [-0.2, 0) is 19.3 Å². The number of pyridine rings is 1. The highest BCUT2D eigenvalue weighted by Gasteiger charge is 2.22. The van der Waals surface area contributed by atoms with Crippen LogP contribution in [0.4, 0.5) is 0 Å². The summed E-state index contributed by atoms with van der Waals surface area (Å²) in [6.45, 7) is 11.2. The molecular weight excluding hydrogens is 298 g/mol. The molecule has 2 aromatic rings. The van der Waals surface area contributed by atoms with E-state index < -0.39 is 0 Å². The molecule has 0 saturated carbocycles. The van der Waals surface area contributed by atoms with E-state index in [9.17, 15) is 0 Å². The van der Waals surface area contributed by atoms with Crippen LogP contribution in [0.15, 0.2) is 12.1 Å². The first kappa shape index (κ1) is 16.3. The van der Waals surface area contributed by atoms with Crippen molar-refractivity contribution in [2.45, 2.75) is 53.9 Å². The maximum Gasteiger partial charge on any atom is 0.413 e. The lowest BCUT2D eigenvalue weighted by Gasteiger charge is -2.19. The molecule has 0 bridgehead atoms. The Kier molecular flexibility index (Phi) is 4.94. The SMILES string of the molecule is CCc1cc(CC(C)(C)C)cc(CC)[n+]1-c1n[nH]c(=S)s1. The number of nitrogens with zero attached hydrogens (tertiary/aromatic N) is 2. The Morgan fingerprint density at radius 1 is 1.19 bits per heavy atom. The van der Waals surface area contributed by atoms with E-state index in [1.54, 1.807) is 0 Å². The minimum atomic E-state index is 0.297. The van der Waals surface area contributed by atoms with Gasteiger partial charge in [-0.05, 0) is 53.1 Å². The van der Waals surface area contributed by atoms with Crippen LogP contribution in [0.1, 0.15) is 51.6 Å². The van der Waals surface area contributed by atoms with Crippen molar-refractivity contribution in [3.05, 3.63) is 33.0 Å². The Morgan fingerprint density at radius 2 is 1.76 bits per heavy atom. The smallest absolute Gasteiger partial charge is 0.186 e. The third kappa shape index (κ3) is 3.98. The fourth-order valence-corrected chi connectivity index (χ4v) is 3.52. The summed E-state index contributed by atoms with van der Waals surface area (Å²) in [5.74, 6) is 0. The van der Waals surface area contributed by atoms with Gasteiger partial charge in [-0.25, -0.2) is 0 Å². The Morgan fingerprint density at radius 3 is 2.14 bits per heavy atom. The van der Waals surface area contributed by atoms with Crippen LogP contribution in [-0.4, -0.2) is 10.2 Å².